The molecule has 0 aliphatic heterocycles. The monoisotopic (exact) mass is 849 g/mol. The summed E-state index contributed by atoms with van der Waals surface area (Å²) in [5, 5.41) is 0. The van der Waals surface area contributed by atoms with Gasteiger partial charge in [0.25, 0.3) is 0 Å². The average Bonchev–Trinajstić information content (AvgIpc) is 2.78. The van der Waals surface area contributed by atoms with Gasteiger partial charge in [-0.25, -0.2) is 0 Å². The molecule has 0 saturated heterocycles. The summed E-state index contributed by atoms with van der Waals surface area (Å²) >= 11 is -5.19. The first kappa shape index (κ1) is 43.3. The summed E-state index contributed by atoms with van der Waals surface area (Å²) < 4.78 is 334. The van der Waals surface area contributed by atoms with E-state index in [0.717, 1.165) is 0 Å². The molecule has 0 aliphatic rings. The number of halogens is 27. The van der Waals surface area contributed by atoms with Crippen LogP contribution in [0, 0.1) is 0 Å². The Morgan fingerprint density at radius 1 is 0.295 bits per heavy atom. The van der Waals surface area contributed by atoms with E-state index in [9.17, 15) is 114 Å². The third kappa shape index (κ3) is 6.53. The van der Waals surface area contributed by atoms with Gasteiger partial charge < -0.3 is 0 Å². The summed E-state index contributed by atoms with van der Waals surface area (Å²) in [6.45, 7) is 0. The Bertz CT molecular complexity index is 913. The van der Waals surface area contributed by atoms with Gasteiger partial charge >= 0.3 is 235 Å². The van der Waals surface area contributed by atoms with Gasteiger partial charge in [-0.05, 0) is 0 Å². The van der Waals surface area contributed by atoms with Crippen molar-refractivity contribution in [2.24, 2.45) is 0 Å². The molecule has 0 rings (SSSR count). The zero-order valence-electron chi connectivity index (χ0n) is 19.5. The quantitative estimate of drug-likeness (QED) is 0.121. The fourth-order valence-corrected chi connectivity index (χ4v) is 7.95. The molecule has 264 valence electrons. The maximum absolute atomic E-state index is 13.7. The van der Waals surface area contributed by atoms with Gasteiger partial charge in [0.05, 0.1) is 0 Å². The molecule has 0 bridgehead atoms. The fraction of sp³-hybridized carbons (Fsp3) is 1.00. The predicted octanol–water partition coefficient (Wildman–Crippen LogP) is 10.5. The van der Waals surface area contributed by atoms with Crippen molar-refractivity contribution in [3.63, 3.8) is 0 Å². The molecule has 44 heavy (non-hydrogen) atoms. The van der Waals surface area contributed by atoms with Crippen LogP contribution in [-0.2, 0) is 0 Å². The molecule has 0 spiro atoms. The molecule has 0 atom stereocenters. The molecule has 0 heterocycles. The Morgan fingerprint density at radius 3 is 0.659 bits per heavy atom. The number of hydrogen-bond acceptors (Lipinski definition) is 0. The van der Waals surface area contributed by atoms with Crippen molar-refractivity contribution in [3.05, 3.63) is 0 Å². The van der Waals surface area contributed by atoms with E-state index in [1.807, 2.05) is 0 Å². The number of rotatable bonds is 14. The standard InChI is InChI=1S/2C8H4F13.ClH.Sn/c2*1-2-3(9,10)4(11,12)5(13,14)6(15,16)7(17,18)8(19,20)21;;/h2*1-2H2;1H;/q;;;+2/p-1. The molecule has 0 unspecified atom stereocenters. The fourth-order valence-electron chi connectivity index (χ4n) is 2.63. The number of alkyl halides is 26. The molecular formula is C16H8ClF26Sn+. The summed E-state index contributed by atoms with van der Waals surface area (Å²) in [7, 11) is 5.10. The Kier molecular flexibility index (Phi) is 11.6. The van der Waals surface area contributed by atoms with E-state index in [0.29, 0.717) is 0 Å². The second kappa shape index (κ2) is 11.8. The molecule has 0 radical (unpaired) electrons. The van der Waals surface area contributed by atoms with Crippen LogP contribution in [-0.4, -0.2) is 90.2 Å². The molecular weight excluding hydrogens is 840 g/mol. The van der Waals surface area contributed by atoms with E-state index in [1.54, 1.807) is 0 Å². The second-order valence-corrected chi connectivity index (χ2v) is 17.9. The van der Waals surface area contributed by atoms with Gasteiger partial charge in [0.1, 0.15) is 0 Å². The van der Waals surface area contributed by atoms with Gasteiger partial charge in [0.15, 0.2) is 0 Å². The first-order valence-corrected chi connectivity index (χ1v) is 17.7. The molecule has 0 fully saturated rings. The summed E-state index contributed by atoms with van der Waals surface area (Å²) in [6, 6.07) is 0. The van der Waals surface area contributed by atoms with Gasteiger partial charge in [0.2, 0.25) is 0 Å². The van der Waals surface area contributed by atoms with Gasteiger partial charge in [-0.15, -0.1) is 0 Å². The van der Waals surface area contributed by atoms with Crippen LogP contribution in [0.3, 0.4) is 0 Å². The minimum atomic E-state index is -8.32. The van der Waals surface area contributed by atoms with Crippen molar-refractivity contribution in [3.8, 4) is 0 Å². The van der Waals surface area contributed by atoms with Crippen molar-refractivity contribution in [2.75, 3.05) is 0 Å². The van der Waals surface area contributed by atoms with E-state index in [-0.39, 0.29) is 0 Å². The van der Waals surface area contributed by atoms with E-state index >= 15 is 0 Å². The van der Waals surface area contributed by atoms with Crippen LogP contribution in [0.1, 0.15) is 12.8 Å². The summed E-state index contributed by atoms with van der Waals surface area (Å²) in [6.07, 6.45) is -21.7. The number of hydrogen-bond donors (Lipinski definition) is 0. The second-order valence-electron chi connectivity index (χ2n) is 8.52. The van der Waals surface area contributed by atoms with Crippen molar-refractivity contribution < 1.29 is 114 Å². The SMILES string of the molecule is FC(F)(F)C(F)(F)C(F)(F)C(F)(F)C(F)(F)C(F)(F)C[CH2][Sn+]([Cl])[CH2]CC(F)(F)C(F)(F)C(F)(F)C(F)(F)C(F)(F)C(F)(F)F. The Balaban J connectivity index is 6.00. The maximum atomic E-state index is 13.7. The molecule has 0 aromatic heterocycles. The van der Waals surface area contributed by atoms with Crippen molar-refractivity contribution in [1.29, 1.82) is 0 Å². The van der Waals surface area contributed by atoms with E-state index in [2.05, 4.69) is 0 Å². The van der Waals surface area contributed by atoms with Crippen LogP contribution < -0.4 is 0 Å². The third-order valence-corrected chi connectivity index (χ3v) is 12.5. The molecule has 0 nitrogen and oxygen atoms in total. The third-order valence-electron chi connectivity index (χ3n) is 5.42. The zero-order valence-corrected chi connectivity index (χ0v) is 23.1. The van der Waals surface area contributed by atoms with Gasteiger partial charge in [-0.3, -0.25) is 0 Å². The van der Waals surface area contributed by atoms with Crippen LogP contribution in [0.4, 0.5) is 114 Å². The van der Waals surface area contributed by atoms with Crippen LogP contribution in [0.2, 0.25) is 8.87 Å². The summed E-state index contributed by atoms with van der Waals surface area (Å²) in [5.41, 5.74) is 0. The van der Waals surface area contributed by atoms with Crippen molar-refractivity contribution in [2.45, 2.75) is 93.3 Å². The van der Waals surface area contributed by atoms with E-state index in [1.165, 1.54) is 0 Å². The first-order chi connectivity index (χ1) is 18.6. The van der Waals surface area contributed by atoms with Crippen molar-refractivity contribution in [1.82, 2.24) is 0 Å². The molecule has 0 saturated carbocycles. The van der Waals surface area contributed by atoms with Crippen LogP contribution in [0.15, 0.2) is 0 Å². The zero-order chi connectivity index (χ0) is 36.4. The molecule has 28 heteroatoms. The van der Waals surface area contributed by atoms with Crippen LogP contribution in [0.25, 0.3) is 0 Å². The molecule has 0 aliphatic carbocycles. The summed E-state index contributed by atoms with van der Waals surface area (Å²) in [4.78, 5) is 0. The Morgan fingerprint density at radius 2 is 0.477 bits per heavy atom. The van der Waals surface area contributed by atoms with E-state index < -0.39 is 112 Å². The average molecular weight is 848 g/mol. The molecule has 0 amide bonds. The van der Waals surface area contributed by atoms with Crippen LogP contribution >= 0.6 is 8.92 Å². The first-order valence-electron chi connectivity index (χ1n) is 10.0. The predicted molar refractivity (Wildman–Crippen MR) is 92.0 cm³/mol. The van der Waals surface area contributed by atoms with Gasteiger partial charge in [-0.2, -0.15) is 0 Å². The normalized spacial score (nSPS) is 16.4. The topological polar surface area (TPSA) is 0 Å². The Hall–Kier alpha value is -0.731. The molecule has 0 aromatic rings. The van der Waals surface area contributed by atoms with Crippen LogP contribution in [0.5, 0.6) is 0 Å². The minimum absolute atomic E-state index is 2.13. The van der Waals surface area contributed by atoms with Gasteiger partial charge in [-0.1, -0.05) is 0 Å². The summed E-state index contributed by atoms with van der Waals surface area (Å²) in [5.74, 6) is -78.8. The Labute approximate surface area is 235 Å². The van der Waals surface area contributed by atoms with Crippen molar-refractivity contribution >= 4 is 27.6 Å². The molecule has 0 aromatic carbocycles. The van der Waals surface area contributed by atoms with Gasteiger partial charge in [0, 0.05) is 0 Å². The molecule has 0 N–H and O–H groups in total. The van der Waals surface area contributed by atoms with E-state index in [4.69, 9.17) is 8.92 Å².